The summed E-state index contributed by atoms with van der Waals surface area (Å²) in [6.45, 7) is 13.5. The maximum Gasteiger partial charge on any atom is 0.291 e. The molecular weight excluding hydrogens is 448 g/mol. The first-order chi connectivity index (χ1) is 16.6. The second-order valence-corrected chi connectivity index (χ2v) is 10.1. The SMILES string of the molecule is CCN1CCN(C(=O)/C=C/c2c(C)nn3c(=O)c(C(=O)NC4CC4)c(O)n(CC(C)C)c23)[C@@H](C)C1. The van der Waals surface area contributed by atoms with E-state index in [2.05, 4.69) is 22.2 Å². The zero-order valence-corrected chi connectivity index (χ0v) is 21.2. The standard InChI is InChI=1S/C25H36N6O4/c1-6-28-11-12-29(16(4)14-28)20(32)10-9-19-17(5)27-31-23(19)30(13-15(2)3)24(34)21(25(31)35)22(33)26-18-7-8-18/h9-10,15-16,18,34H,6-8,11-14H2,1-5H3,(H,26,33)/b10-9+/t16-/m0/s1. The van der Waals surface area contributed by atoms with E-state index in [0.29, 0.717) is 30.0 Å². The van der Waals surface area contributed by atoms with Crippen LogP contribution in [0.15, 0.2) is 10.9 Å². The van der Waals surface area contributed by atoms with Crippen LogP contribution in [-0.2, 0) is 11.3 Å². The molecule has 1 aliphatic heterocycles. The van der Waals surface area contributed by atoms with Gasteiger partial charge in [0.25, 0.3) is 11.5 Å². The van der Waals surface area contributed by atoms with Crippen LogP contribution in [0.5, 0.6) is 5.88 Å². The Morgan fingerprint density at radius 1 is 1.26 bits per heavy atom. The number of piperazine rings is 1. The Morgan fingerprint density at radius 3 is 2.57 bits per heavy atom. The lowest BCUT2D eigenvalue weighted by molar-refractivity contribution is -0.130. The van der Waals surface area contributed by atoms with Gasteiger partial charge in [-0.25, -0.2) is 0 Å². The minimum absolute atomic E-state index is 0.0426. The second-order valence-electron chi connectivity index (χ2n) is 10.1. The molecule has 35 heavy (non-hydrogen) atoms. The van der Waals surface area contributed by atoms with Gasteiger partial charge in [-0.3, -0.25) is 23.9 Å². The average molecular weight is 485 g/mol. The summed E-state index contributed by atoms with van der Waals surface area (Å²) < 4.78 is 2.73. The molecule has 4 rings (SSSR count). The van der Waals surface area contributed by atoms with Gasteiger partial charge in [0, 0.05) is 49.9 Å². The molecule has 2 aromatic heterocycles. The molecule has 2 aromatic rings. The topological polar surface area (TPSA) is 112 Å². The lowest BCUT2D eigenvalue weighted by atomic mass is 10.1. The summed E-state index contributed by atoms with van der Waals surface area (Å²) >= 11 is 0. The molecule has 1 aliphatic carbocycles. The summed E-state index contributed by atoms with van der Waals surface area (Å²) in [6, 6.07) is 0.141. The Balaban J connectivity index is 1.74. The molecule has 2 fully saturated rings. The highest BCUT2D eigenvalue weighted by atomic mass is 16.3. The van der Waals surface area contributed by atoms with Crippen molar-refractivity contribution in [1.29, 1.82) is 0 Å². The number of amides is 2. The zero-order valence-electron chi connectivity index (χ0n) is 21.2. The highest BCUT2D eigenvalue weighted by Crippen LogP contribution is 2.26. The van der Waals surface area contributed by atoms with Gasteiger partial charge in [-0.15, -0.1) is 0 Å². The third-order valence-electron chi connectivity index (χ3n) is 6.74. The number of likely N-dealkylation sites (N-methyl/N-ethyl adjacent to an activating group) is 1. The molecule has 2 N–H and O–H groups in total. The van der Waals surface area contributed by atoms with Crippen LogP contribution in [0, 0.1) is 12.8 Å². The summed E-state index contributed by atoms with van der Waals surface area (Å²) in [4.78, 5) is 43.2. The van der Waals surface area contributed by atoms with Crippen molar-refractivity contribution < 1.29 is 14.7 Å². The summed E-state index contributed by atoms with van der Waals surface area (Å²) in [5.41, 5.74) is 0.498. The van der Waals surface area contributed by atoms with Crippen molar-refractivity contribution in [1.82, 2.24) is 29.3 Å². The third-order valence-corrected chi connectivity index (χ3v) is 6.74. The molecule has 0 bridgehead atoms. The average Bonchev–Trinajstić information content (AvgIpc) is 3.55. The van der Waals surface area contributed by atoms with Crippen LogP contribution in [0.1, 0.15) is 62.2 Å². The molecule has 0 aromatic carbocycles. The number of carbonyl (C=O) groups excluding carboxylic acids is 2. The molecule has 0 spiro atoms. The van der Waals surface area contributed by atoms with E-state index >= 15 is 0 Å². The number of aryl methyl sites for hydroxylation is 1. The number of aromatic hydroxyl groups is 1. The van der Waals surface area contributed by atoms with Crippen LogP contribution in [0.3, 0.4) is 0 Å². The van der Waals surface area contributed by atoms with E-state index in [1.54, 1.807) is 17.6 Å². The largest absolute Gasteiger partial charge is 0.494 e. The molecule has 2 amide bonds. The van der Waals surface area contributed by atoms with E-state index in [9.17, 15) is 19.5 Å². The van der Waals surface area contributed by atoms with Crippen LogP contribution < -0.4 is 10.9 Å². The van der Waals surface area contributed by atoms with Crippen LogP contribution in [0.2, 0.25) is 0 Å². The molecule has 10 heteroatoms. The van der Waals surface area contributed by atoms with E-state index in [1.165, 1.54) is 10.6 Å². The predicted octanol–water partition coefficient (Wildman–Crippen LogP) is 1.62. The summed E-state index contributed by atoms with van der Waals surface area (Å²) in [5, 5.41) is 18.3. The molecule has 0 radical (unpaired) electrons. The number of rotatable bonds is 7. The number of nitrogens with zero attached hydrogens (tertiary/aromatic N) is 5. The van der Waals surface area contributed by atoms with Crippen molar-refractivity contribution in [2.45, 2.75) is 66.1 Å². The van der Waals surface area contributed by atoms with Gasteiger partial charge >= 0.3 is 0 Å². The highest BCUT2D eigenvalue weighted by Gasteiger charge is 2.30. The van der Waals surface area contributed by atoms with Gasteiger partial charge in [0.15, 0.2) is 5.56 Å². The Bertz CT molecular complexity index is 1220. The van der Waals surface area contributed by atoms with Crippen LogP contribution in [0.25, 0.3) is 11.7 Å². The first kappa shape index (κ1) is 25.0. The monoisotopic (exact) mass is 484 g/mol. The Labute approximate surface area is 205 Å². The van der Waals surface area contributed by atoms with Gasteiger partial charge in [0.05, 0.1) is 5.69 Å². The smallest absolute Gasteiger partial charge is 0.291 e. The van der Waals surface area contributed by atoms with Crippen molar-refractivity contribution in [2.75, 3.05) is 26.2 Å². The molecule has 2 aliphatic rings. The zero-order chi connectivity index (χ0) is 25.4. The molecule has 190 valence electrons. The van der Waals surface area contributed by atoms with Crippen LogP contribution in [0.4, 0.5) is 0 Å². The molecular formula is C25H36N6O4. The van der Waals surface area contributed by atoms with Crippen molar-refractivity contribution in [3.05, 3.63) is 33.3 Å². The summed E-state index contributed by atoms with van der Waals surface area (Å²) in [7, 11) is 0. The Hall–Kier alpha value is -3.14. The highest BCUT2D eigenvalue weighted by molar-refractivity contribution is 5.97. The summed E-state index contributed by atoms with van der Waals surface area (Å²) in [6.07, 6.45) is 4.91. The van der Waals surface area contributed by atoms with Crippen molar-refractivity contribution in [3.8, 4) is 5.88 Å². The van der Waals surface area contributed by atoms with Crippen LogP contribution >= 0.6 is 0 Å². The Kier molecular flexibility index (Phi) is 7.02. The lowest BCUT2D eigenvalue weighted by Gasteiger charge is -2.39. The van der Waals surface area contributed by atoms with Gasteiger partial charge in [-0.05, 0) is 45.2 Å². The number of nitrogens with one attached hydrogen (secondary N) is 1. The lowest BCUT2D eigenvalue weighted by Crippen LogP contribution is -2.53. The number of hydrogen-bond donors (Lipinski definition) is 2. The van der Waals surface area contributed by atoms with Gasteiger partial charge in [-0.1, -0.05) is 20.8 Å². The molecule has 10 nitrogen and oxygen atoms in total. The quantitative estimate of drug-likeness (QED) is 0.578. The minimum Gasteiger partial charge on any atom is -0.494 e. The number of carbonyl (C=O) groups is 2. The molecule has 0 unspecified atom stereocenters. The fourth-order valence-electron chi connectivity index (χ4n) is 4.68. The fourth-order valence-corrected chi connectivity index (χ4v) is 4.68. The minimum atomic E-state index is -0.672. The first-order valence-electron chi connectivity index (χ1n) is 12.5. The van der Waals surface area contributed by atoms with Crippen molar-refractivity contribution in [3.63, 3.8) is 0 Å². The summed E-state index contributed by atoms with van der Waals surface area (Å²) in [5.74, 6) is -0.945. The van der Waals surface area contributed by atoms with E-state index in [4.69, 9.17) is 0 Å². The maximum absolute atomic E-state index is 13.2. The van der Waals surface area contributed by atoms with E-state index < -0.39 is 11.5 Å². The van der Waals surface area contributed by atoms with Gasteiger partial charge < -0.3 is 15.3 Å². The van der Waals surface area contributed by atoms with Crippen LogP contribution in [-0.4, -0.2) is 79.2 Å². The van der Waals surface area contributed by atoms with E-state index in [-0.39, 0.29) is 35.4 Å². The number of aromatic nitrogens is 3. The molecule has 1 saturated carbocycles. The second kappa shape index (κ2) is 9.85. The number of fused-ring (bicyclic) bond motifs is 1. The maximum atomic E-state index is 13.2. The number of hydrogen-bond acceptors (Lipinski definition) is 6. The molecule has 1 atom stereocenters. The Morgan fingerprint density at radius 2 is 1.97 bits per heavy atom. The normalized spacial score (nSPS) is 19.3. The van der Waals surface area contributed by atoms with E-state index in [1.807, 2.05) is 25.7 Å². The van der Waals surface area contributed by atoms with E-state index in [0.717, 1.165) is 32.5 Å². The van der Waals surface area contributed by atoms with Crippen molar-refractivity contribution in [2.24, 2.45) is 5.92 Å². The molecule has 3 heterocycles. The first-order valence-corrected chi connectivity index (χ1v) is 12.5. The third kappa shape index (κ3) is 4.98. The molecule has 1 saturated heterocycles. The van der Waals surface area contributed by atoms with Crippen molar-refractivity contribution >= 4 is 23.5 Å². The van der Waals surface area contributed by atoms with Gasteiger partial charge in [0.2, 0.25) is 11.8 Å². The predicted molar refractivity (Wildman–Crippen MR) is 134 cm³/mol. The van der Waals surface area contributed by atoms with Gasteiger partial charge in [-0.2, -0.15) is 9.61 Å². The van der Waals surface area contributed by atoms with Gasteiger partial charge in [0.1, 0.15) is 5.65 Å². The fraction of sp³-hybridized carbons (Fsp3) is 0.600.